The smallest absolute Gasteiger partial charge is 0.0386 e. The van der Waals surface area contributed by atoms with Crippen molar-refractivity contribution in [1.29, 1.82) is 0 Å². The maximum atomic E-state index is 5.50. The highest BCUT2D eigenvalue weighted by Gasteiger charge is 2.15. The van der Waals surface area contributed by atoms with Crippen LogP contribution in [-0.4, -0.2) is 13.1 Å². The van der Waals surface area contributed by atoms with E-state index in [9.17, 15) is 0 Å². The first-order valence-corrected chi connectivity index (χ1v) is 7.18. The Kier molecular flexibility index (Phi) is 4.38. The van der Waals surface area contributed by atoms with Gasteiger partial charge in [-0.05, 0) is 63.7 Å². The van der Waals surface area contributed by atoms with E-state index in [0.717, 1.165) is 19.5 Å². The zero-order valence-corrected chi connectivity index (χ0v) is 10.9. The zero-order chi connectivity index (χ0) is 11.4. The predicted octanol–water partition coefficient (Wildman–Crippen LogP) is 2.63. The molecule has 2 nitrogen and oxygen atoms in total. The molecule has 0 aromatic carbocycles. The second kappa shape index (κ2) is 5.80. The molecule has 1 aliphatic carbocycles. The molecular formula is C13H22N2S. The third-order valence-electron chi connectivity index (χ3n) is 3.27. The highest BCUT2D eigenvalue weighted by atomic mass is 32.1. The van der Waals surface area contributed by atoms with Gasteiger partial charge in [0.1, 0.15) is 0 Å². The summed E-state index contributed by atoms with van der Waals surface area (Å²) < 4.78 is 0. The molecule has 0 bridgehead atoms. The maximum Gasteiger partial charge on any atom is 0.0386 e. The van der Waals surface area contributed by atoms with E-state index in [2.05, 4.69) is 18.3 Å². The average molecular weight is 238 g/mol. The Morgan fingerprint density at radius 3 is 3.00 bits per heavy atom. The van der Waals surface area contributed by atoms with Crippen molar-refractivity contribution in [2.75, 3.05) is 13.1 Å². The largest absolute Gasteiger partial charge is 0.330 e. The summed E-state index contributed by atoms with van der Waals surface area (Å²) in [5, 5.41) is 3.54. The predicted molar refractivity (Wildman–Crippen MR) is 71.1 cm³/mol. The van der Waals surface area contributed by atoms with Gasteiger partial charge in [-0.2, -0.15) is 0 Å². The molecule has 1 heterocycles. The van der Waals surface area contributed by atoms with Crippen LogP contribution in [0.4, 0.5) is 0 Å². The summed E-state index contributed by atoms with van der Waals surface area (Å²) in [4.78, 5) is 3.14. The number of nitrogens with two attached hydrogens (primary N) is 1. The molecule has 1 atom stereocenters. The Labute approximate surface area is 102 Å². The third kappa shape index (κ3) is 2.84. The lowest BCUT2D eigenvalue weighted by molar-refractivity contribution is 0.568. The molecule has 0 fully saturated rings. The lowest BCUT2D eigenvalue weighted by Gasteiger charge is -2.11. The molecule has 3 heteroatoms. The van der Waals surface area contributed by atoms with Crippen molar-refractivity contribution in [3.63, 3.8) is 0 Å². The standard InChI is InChI=1S/C13H22N2S/c1-10(15-8-4-7-14)13-9-11-5-2-3-6-12(11)16-13/h9-10,15H,2-8,14H2,1H3. The molecule has 90 valence electrons. The molecule has 0 radical (unpaired) electrons. The van der Waals surface area contributed by atoms with Gasteiger partial charge in [-0.1, -0.05) is 0 Å². The van der Waals surface area contributed by atoms with Gasteiger partial charge < -0.3 is 11.1 Å². The van der Waals surface area contributed by atoms with Crippen molar-refractivity contribution in [3.8, 4) is 0 Å². The quantitative estimate of drug-likeness (QED) is 0.774. The van der Waals surface area contributed by atoms with Gasteiger partial charge in [0.2, 0.25) is 0 Å². The number of thiophene rings is 1. The van der Waals surface area contributed by atoms with Crippen molar-refractivity contribution < 1.29 is 0 Å². The molecule has 0 saturated heterocycles. The summed E-state index contributed by atoms with van der Waals surface area (Å²) in [6, 6.07) is 2.90. The summed E-state index contributed by atoms with van der Waals surface area (Å²) in [7, 11) is 0. The summed E-state index contributed by atoms with van der Waals surface area (Å²) in [5.41, 5.74) is 7.11. The van der Waals surface area contributed by atoms with Crippen LogP contribution in [0.15, 0.2) is 6.07 Å². The topological polar surface area (TPSA) is 38.0 Å². The second-order valence-electron chi connectivity index (χ2n) is 4.62. The Morgan fingerprint density at radius 1 is 1.44 bits per heavy atom. The number of nitrogens with one attached hydrogen (secondary N) is 1. The van der Waals surface area contributed by atoms with Crippen LogP contribution in [0.3, 0.4) is 0 Å². The fourth-order valence-corrected chi connectivity index (χ4v) is 3.53. The first kappa shape index (κ1) is 12.1. The summed E-state index contributed by atoms with van der Waals surface area (Å²) in [6.45, 7) is 4.06. The Bertz CT molecular complexity index is 309. The van der Waals surface area contributed by atoms with Gasteiger partial charge in [0, 0.05) is 15.8 Å². The summed E-state index contributed by atoms with van der Waals surface area (Å²) in [6.07, 6.45) is 6.41. The van der Waals surface area contributed by atoms with Crippen LogP contribution in [-0.2, 0) is 12.8 Å². The monoisotopic (exact) mass is 238 g/mol. The van der Waals surface area contributed by atoms with E-state index in [1.807, 2.05) is 11.3 Å². The molecule has 1 aromatic rings. The Hall–Kier alpha value is -0.380. The van der Waals surface area contributed by atoms with Gasteiger partial charge in [-0.3, -0.25) is 0 Å². The van der Waals surface area contributed by atoms with Crippen LogP contribution in [0.5, 0.6) is 0 Å². The number of hydrogen-bond donors (Lipinski definition) is 2. The van der Waals surface area contributed by atoms with E-state index in [1.165, 1.54) is 30.6 Å². The molecule has 0 spiro atoms. The van der Waals surface area contributed by atoms with Crippen molar-refractivity contribution in [2.24, 2.45) is 5.73 Å². The number of hydrogen-bond acceptors (Lipinski definition) is 3. The first-order chi connectivity index (χ1) is 7.81. The van der Waals surface area contributed by atoms with E-state index in [1.54, 1.807) is 10.4 Å². The zero-order valence-electron chi connectivity index (χ0n) is 10.1. The van der Waals surface area contributed by atoms with E-state index in [-0.39, 0.29) is 0 Å². The minimum Gasteiger partial charge on any atom is -0.330 e. The second-order valence-corrected chi connectivity index (χ2v) is 5.79. The van der Waals surface area contributed by atoms with E-state index < -0.39 is 0 Å². The van der Waals surface area contributed by atoms with E-state index in [4.69, 9.17) is 5.73 Å². The molecule has 0 amide bonds. The van der Waals surface area contributed by atoms with Crippen LogP contribution >= 0.6 is 11.3 Å². The molecule has 16 heavy (non-hydrogen) atoms. The van der Waals surface area contributed by atoms with Gasteiger partial charge >= 0.3 is 0 Å². The molecule has 1 unspecified atom stereocenters. The van der Waals surface area contributed by atoms with Crippen molar-refractivity contribution in [3.05, 3.63) is 21.4 Å². The summed E-state index contributed by atoms with van der Waals surface area (Å²) in [5.74, 6) is 0. The lowest BCUT2D eigenvalue weighted by Crippen LogP contribution is -2.21. The molecule has 1 aromatic heterocycles. The van der Waals surface area contributed by atoms with Crippen LogP contribution in [0.1, 0.15) is 47.5 Å². The molecule has 0 aliphatic heterocycles. The number of fused-ring (bicyclic) bond motifs is 1. The van der Waals surface area contributed by atoms with Crippen LogP contribution in [0.25, 0.3) is 0 Å². The molecule has 0 saturated carbocycles. The average Bonchev–Trinajstić information content (AvgIpc) is 2.73. The van der Waals surface area contributed by atoms with Crippen molar-refractivity contribution in [2.45, 2.75) is 45.1 Å². The van der Waals surface area contributed by atoms with Crippen LogP contribution in [0.2, 0.25) is 0 Å². The maximum absolute atomic E-state index is 5.50. The highest BCUT2D eigenvalue weighted by Crippen LogP contribution is 2.32. The SMILES string of the molecule is CC(NCCCN)c1cc2c(s1)CCCC2. The van der Waals surface area contributed by atoms with E-state index in [0.29, 0.717) is 6.04 Å². The fourth-order valence-electron chi connectivity index (χ4n) is 2.25. The van der Waals surface area contributed by atoms with Gasteiger partial charge in [0.05, 0.1) is 0 Å². The fraction of sp³-hybridized carbons (Fsp3) is 0.692. The van der Waals surface area contributed by atoms with Gasteiger partial charge in [0.15, 0.2) is 0 Å². The first-order valence-electron chi connectivity index (χ1n) is 6.36. The Balaban J connectivity index is 1.95. The van der Waals surface area contributed by atoms with Crippen LogP contribution in [0, 0.1) is 0 Å². The minimum atomic E-state index is 0.488. The van der Waals surface area contributed by atoms with Gasteiger partial charge in [0.25, 0.3) is 0 Å². The molecule has 1 aliphatic rings. The van der Waals surface area contributed by atoms with Crippen molar-refractivity contribution >= 4 is 11.3 Å². The summed E-state index contributed by atoms with van der Waals surface area (Å²) >= 11 is 2.01. The van der Waals surface area contributed by atoms with E-state index >= 15 is 0 Å². The lowest BCUT2D eigenvalue weighted by atomic mass is 9.99. The number of aryl methyl sites for hydroxylation is 2. The molecule has 3 N–H and O–H groups in total. The third-order valence-corrected chi connectivity index (χ3v) is 4.69. The molecular weight excluding hydrogens is 216 g/mol. The highest BCUT2D eigenvalue weighted by molar-refractivity contribution is 7.12. The normalized spacial score (nSPS) is 17.1. The number of rotatable bonds is 5. The van der Waals surface area contributed by atoms with Gasteiger partial charge in [-0.25, -0.2) is 0 Å². The molecule has 2 rings (SSSR count). The minimum absolute atomic E-state index is 0.488. The van der Waals surface area contributed by atoms with Crippen molar-refractivity contribution in [1.82, 2.24) is 5.32 Å². The van der Waals surface area contributed by atoms with Gasteiger partial charge in [-0.15, -0.1) is 11.3 Å². The van der Waals surface area contributed by atoms with Crippen LogP contribution < -0.4 is 11.1 Å². The Morgan fingerprint density at radius 2 is 2.25 bits per heavy atom.